The number of hydrogen-bond acceptors (Lipinski definition) is 16. The number of rotatable bonds is 36. The maximum atomic E-state index is 17.0. The van der Waals surface area contributed by atoms with E-state index in [2.05, 4.69) is 9.80 Å². The van der Waals surface area contributed by atoms with Crippen molar-refractivity contribution in [2.45, 2.75) is 90.9 Å². The van der Waals surface area contributed by atoms with Gasteiger partial charge in [0, 0.05) is 109 Å². The van der Waals surface area contributed by atoms with Crippen LogP contribution in [0, 0.1) is 11.8 Å². The predicted molar refractivity (Wildman–Crippen MR) is 479 cm³/mol. The third-order valence-corrected chi connectivity index (χ3v) is 24.5. The van der Waals surface area contributed by atoms with Crippen molar-refractivity contribution >= 4 is 78.5 Å². The molecule has 6 aliphatic heterocycles. The lowest BCUT2D eigenvalue weighted by atomic mass is 9.80. The Morgan fingerprint density at radius 1 is 0.323 bits per heavy atom. The van der Waals surface area contributed by atoms with Crippen LogP contribution in [0.3, 0.4) is 0 Å². The highest BCUT2D eigenvalue weighted by Gasteiger charge is 2.48. The monoisotopic (exact) mass is 1650 g/mol. The van der Waals surface area contributed by atoms with E-state index >= 15 is 28.8 Å². The number of hydrogen-bond donors (Lipinski definition) is 0. The highest BCUT2D eigenvalue weighted by molar-refractivity contribution is 6.45. The normalized spacial score (nSPS) is 17.4. The predicted octanol–water partition coefficient (Wildman–Crippen LogP) is 19.5. The number of carbonyl (C=O) groups excluding carboxylic acids is 6. The summed E-state index contributed by atoms with van der Waals surface area (Å²) in [6, 6.07) is 74.4. The number of nitrogens with zero attached hydrogens (tertiary/aromatic N) is 6. The first-order valence-corrected chi connectivity index (χ1v) is 43.4. The minimum Gasteiger partial charge on any atom is -0.457 e. The first kappa shape index (κ1) is 81.0. The Morgan fingerprint density at radius 2 is 0.548 bits per heavy atom. The average Bonchev–Trinajstić information content (AvgIpc) is 1.05. The van der Waals surface area contributed by atoms with Crippen LogP contribution >= 0.6 is 0 Å². The van der Waals surface area contributed by atoms with Gasteiger partial charge in [-0.1, -0.05) is 198 Å². The summed E-state index contributed by atoms with van der Waals surface area (Å²) in [4.78, 5) is 110. The van der Waals surface area contributed by atoms with Gasteiger partial charge in [-0.3, -0.25) is 48.4 Å². The van der Waals surface area contributed by atoms with Gasteiger partial charge >= 0.3 is 0 Å². The lowest BCUT2D eigenvalue weighted by Gasteiger charge is -2.38. The molecule has 20 heteroatoms. The lowest BCUT2D eigenvalue weighted by molar-refractivity contribution is -0.136. The van der Waals surface area contributed by atoms with E-state index < -0.39 is 35.7 Å². The molecule has 4 saturated heterocycles. The number of carbonyl (C=O) groups is 6. The van der Waals surface area contributed by atoms with Crippen LogP contribution in [-0.2, 0) is 28.5 Å². The summed E-state index contributed by atoms with van der Waals surface area (Å²) in [7, 11) is 0. The zero-order valence-corrected chi connectivity index (χ0v) is 70.4. The molecule has 124 heavy (non-hydrogen) atoms. The second kappa shape index (κ2) is 34.6. The van der Waals surface area contributed by atoms with Crippen LogP contribution in [0.15, 0.2) is 243 Å². The van der Waals surface area contributed by atoms with Crippen molar-refractivity contribution in [2.24, 2.45) is 11.8 Å². The Hall–Kier alpha value is -12.7. The molecular weight excluding hydrogens is 1560 g/mol. The van der Waals surface area contributed by atoms with Gasteiger partial charge in [0.1, 0.15) is 58.1 Å². The Morgan fingerprint density at radius 3 is 0.758 bits per heavy atom. The van der Waals surface area contributed by atoms with E-state index in [4.69, 9.17) is 37.9 Å². The number of amides is 6. The van der Waals surface area contributed by atoms with Gasteiger partial charge in [0.2, 0.25) is 11.8 Å². The van der Waals surface area contributed by atoms with Crippen molar-refractivity contribution in [3.05, 3.63) is 265 Å². The summed E-state index contributed by atoms with van der Waals surface area (Å²) in [6.45, 7) is 19.2. The zero-order valence-electron chi connectivity index (χ0n) is 70.4. The largest absolute Gasteiger partial charge is 0.457 e. The highest BCUT2D eigenvalue weighted by Crippen LogP contribution is 2.59. The topological polar surface area (TPSA) is 209 Å². The van der Waals surface area contributed by atoms with Gasteiger partial charge < -0.3 is 47.7 Å². The molecule has 0 saturated carbocycles. The summed E-state index contributed by atoms with van der Waals surface area (Å²) >= 11 is 0. The third-order valence-electron chi connectivity index (χ3n) is 24.5. The third kappa shape index (κ3) is 16.7. The van der Waals surface area contributed by atoms with Crippen LogP contribution in [0.1, 0.15) is 95.8 Å². The fourth-order valence-corrected chi connectivity index (χ4v) is 18.0. The van der Waals surface area contributed by atoms with Crippen molar-refractivity contribution in [3.63, 3.8) is 0 Å². The second-order valence-electron chi connectivity index (χ2n) is 34.1. The molecule has 0 spiro atoms. The van der Waals surface area contributed by atoms with Crippen LogP contribution in [0.5, 0.6) is 46.0 Å². The molecular formula is C104H98N6O14. The molecule has 6 heterocycles. The van der Waals surface area contributed by atoms with Crippen LogP contribution in [0.25, 0.3) is 87.6 Å². The maximum absolute atomic E-state index is 17.0. The van der Waals surface area contributed by atoms with Crippen molar-refractivity contribution in [1.82, 2.24) is 29.4 Å². The zero-order chi connectivity index (χ0) is 85.0. The highest BCUT2D eigenvalue weighted by atomic mass is 16.6. The summed E-state index contributed by atoms with van der Waals surface area (Å²) in [6.07, 6.45) is 0.583. The molecule has 0 aromatic heterocycles. The molecule has 6 amide bonds. The number of imide groups is 2. The molecule has 13 aromatic carbocycles. The standard InChI is InChI=1S/C104H98N6O14/c1-7-107(47-45-105(55-77-59-117-77)56-78-60-118-78)103(115)85(49-63(3)4)109-99(111)81-51-87(121-73-37-29-69(30-38-73)65-21-13-9-14-22-65)93-95-89(123-75-41-33-71(34-42-75)67-25-17-11-18-26-67)53-83-92-84(102(114)110(101(83)113)86(50-64(5)6)104(116)108(8-2)48-46-106(57-79-61-119-79)58-80-62-120-80)54-90(124-76-43-35-72(36-44-76)68-27-19-12-20-28-68)96(98(92)95)94-88(52-82(100(109)112)91(81)97(93)94)122-74-39-31-70(32-40-74)66-23-15-10-16-24-66/h9-44,51-54,63-64,77-80,85-86H,7-8,45-50,55-62H2,1-6H3. The summed E-state index contributed by atoms with van der Waals surface area (Å²) < 4.78 is 53.0. The molecule has 13 aromatic rings. The van der Waals surface area contributed by atoms with E-state index in [0.29, 0.717) is 134 Å². The van der Waals surface area contributed by atoms with Gasteiger partial charge in [-0.2, -0.15) is 0 Å². The van der Waals surface area contributed by atoms with Crippen LogP contribution < -0.4 is 18.9 Å². The van der Waals surface area contributed by atoms with Gasteiger partial charge in [-0.05, 0) is 156 Å². The summed E-state index contributed by atoms with van der Waals surface area (Å²) in [5.74, 6) is -2.27. The van der Waals surface area contributed by atoms with Gasteiger partial charge in [0.15, 0.2) is 0 Å². The molecule has 0 aliphatic carbocycles. The first-order valence-electron chi connectivity index (χ1n) is 43.4. The number of fused-ring (bicyclic) bond motifs is 2. The molecule has 4 fully saturated rings. The minimum absolute atomic E-state index is 0.0467. The second-order valence-corrected chi connectivity index (χ2v) is 34.1. The van der Waals surface area contributed by atoms with Crippen LogP contribution in [0.4, 0.5) is 0 Å². The van der Waals surface area contributed by atoms with Crippen LogP contribution in [0.2, 0.25) is 0 Å². The van der Waals surface area contributed by atoms with Gasteiger partial charge in [0.05, 0.1) is 73.1 Å². The Labute approximate surface area is 720 Å². The van der Waals surface area contributed by atoms with E-state index in [9.17, 15) is 0 Å². The molecule has 628 valence electrons. The van der Waals surface area contributed by atoms with Crippen molar-refractivity contribution in [1.29, 1.82) is 0 Å². The van der Waals surface area contributed by atoms with E-state index in [1.54, 1.807) is 34.1 Å². The molecule has 0 bridgehead atoms. The van der Waals surface area contributed by atoms with E-state index in [0.717, 1.165) is 54.3 Å². The van der Waals surface area contributed by atoms with E-state index in [1.807, 2.05) is 260 Å². The number of benzene rings is 13. The lowest BCUT2D eigenvalue weighted by Crippen LogP contribution is -2.56. The molecule has 0 radical (unpaired) electrons. The SMILES string of the molecule is CCN(CCN(CC1CO1)CC1CO1)C(=O)C(CC(C)C)N1C(=O)c2cc(Oc3ccc(-c4ccccc4)cc3)c3c4c(Oc5ccc(-c6ccccc6)cc5)cc5c6c(cc(Oc7ccc(-c8ccccc8)cc7)c(c7c(Oc8ccc(-c9ccccc9)cc8)cc(c2c37)C1=O)c64)C(=O)N(C(CC(C)C)C(=O)N(CC)CCN(CC1CO1)CC1CO1)C5=O. The van der Waals surface area contributed by atoms with Gasteiger partial charge in [-0.25, -0.2) is 0 Å². The molecule has 6 aliphatic rings. The fourth-order valence-electron chi connectivity index (χ4n) is 18.0. The van der Waals surface area contributed by atoms with E-state index in [-0.39, 0.29) is 130 Å². The number of likely N-dealkylation sites (N-methyl/N-ethyl adjacent to an activating group) is 2. The fraction of sp³-hybridized carbons (Fsp3) is 0.288. The van der Waals surface area contributed by atoms with Gasteiger partial charge in [-0.15, -0.1) is 0 Å². The quantitative estimate of drug-likeness (QED) is 0.0155. The Bertz CT molecular complexity index is 5480. The van der Waals surface area contributed by atoms with E-state index in [1.165, 1.54) is 0 Å². The molecule has 6 atom stereocenters. The Kier molecular flexibility index (Phi) is 22.6. The molecule has 20 nitrogen and oxygen atoms in total. The maximum Gasteiger partial charge on any atom is 0.262 e. The summed E-state index contributed by atoms with van der Waals surface area (Å²) in [5, 5.41) is 2.26. The van der Waals surface area contributed by atoms with Crippen LogP contribution in [-0.4, -0.2) is 193 Å². The molecule has 6 unspecified atom stereocenters. The summed E-state index contributed by atoms with van der Waals surface area (Å²) in [5.41, 5.74) is 7.65. The average molecular weight is 1660 g/mol. The van der Waals surface area contributed by atoms with Gasteiger partial charge in [0.25, 0.3) is 23.6 Å². The Balaban J connectivity index is 0.881. The number of ether oxygens (including phenoxy) is 8. The first-order chi connectivity index (χ1) is 60.5. The smallest absolute Gasteiger partial charge is 0.262 e. The molecule has 0 N–H and O–H groups in total. The van der Waals surface area contributed by atoms with Crippen molar-refractivity contribution in [2.75, 3.05) is 91.9 Å². The minimum atomic E-state index is -1.30. The van der Waals surface area contributed by atoms with Crippen molar-refractivity contribution in [3.8, 4) is 90.5 Å². The number of epoxide rings is 4. The van der Waals surface area contributed by atoms with Crippen molar-refractivity contribution < 1.29 is 66.7 Å². The molecule has 19 rings (SSSR count).